The van der Waals surface area contributed by atoms with Crippen molar-refractivity contribution in [2.45, 2.75) is 25.4 Å². The lowest BCUT2D eigenvalue weighted by atomic mass is 10.1. The topological polar surface area (TPSA) is 111 Å². The van der Waals surface area contributed by atoms with E-state index in [1.807, 2.05) is 28.9 Å². The van der Waals surface area contributed by atoms with Gasteiger partial charge in [-0.2, -0.15) is 5.10 Å². The van der Waals surface area contributed by atoms with Crippen LogP contribution in [0.4, 0.5) is 10.2 Å². The molecule has 1 atom stereocenters. The largest absolute Gasteiger partial charge is 0.383 e. The van der Waals surface area contributed by atoms with Crippen LogP contribution in [0, 0.1) is 5.82 Å². The van der Waals surface area contributed by atoms with E-state index in [9.17, 15) is 9.18 Å². The lowest BCUT2D eigenvalue weighted by Crippen LogP contribution is -2.32. The third-order valence-electron chi connectivity index (χ3n) is 5.92. The van der Waals surface area contributed by atoms with Crippen LogP contribution in [0.2, 0.25) is 0 Å². The molecule has 2 aromatic heterocycles. The van der Waals surface area contributed by atoms with E-state index in [-0.39, 0.29) is 17.8 Å². The molecule has 0 saturated carbocycles. The van der Waals surface area contributed by atoms with Crippen LogP contribution in [0.15, 0.2) is 54.9 Å². The first-order chi connectivity index (χ1) is 16.1. The summed E-state index contributed by atoms with van der Waals surface area (Å²) in [5.41, 5.74) is 9.95. The van der Waals surface area contributed by atoms with Gasteiger partial charge in [0.1, 0.15) is 23.7 Å². The van der Waals surface area contributed by atoms with Gasteiger partial charge in [0.15, 0.2) is 5.65 Å². The van der Waals surface area contributed by atoms with E-state index in [0.29, 0.717) is 17.9 Å². The van der Waals surface area contributed by atoms with E-state index < -0.39 is 0 Å². The first-order valence-corrected chi connectivity index (χ1v) is 10.9. The molecule has 168 valence electrons. The molecule has 0 bridgehead atoms. The van der Waals surface area contributed by atoms with Crippen LogP contribution >= 0.6 is 0 Å². The summed E-state index contributed by atoms with van der Waals surface area (Å²) >= 11 is 0. The van der Waals surface area contributed by atoms with Crippen molar-refractivity contribution >= 4 is 22.8 Å². The quantitative estimate of drug-likeness (QED) is 0.435. The van der Waals surface area contributed by atoms with Crippen molar-refractivity contribution in [2.24, 2.45) is 0 Å². The van der Waals surface area contributed by atoms with Crippen molar-refractivity contribution in [1.82, 2.24) is 30.4 Å². The highest BCUT2D eigenvalue weighted by atomic mass is 19.1. The van der Waals surface area contributed by atoms with Gasteiger partial charge in [-0.05, 0) is 49.2 Å². The second kappa shape index (κ2) is 8.95. The van der Waals surface area contributed by atoms with E-state index in [1.54, 1.807) is 0 Å². The Bertz CT molecular complexity index is 1280. The maximum atomic E-state index is 13.1. The maximum absolute atomic E-state index is 13.1. The van der Waals surface area contributed by atoms with Crippen molar-refractivity contribution in [3.05, 3.63) is 71.8 Å². The normalized spacial score (nSPS) is 16.1. The molecule has 0 aliphatic carbocycles. The molecule has 0 spiro atoms. The van der Waals surface area contributed by atoms with E-state index in [4.69, 9.17) is 10.8 Å². The number of nitrogens with one attached hydrogen (secondary N) is 2. The SMILES string of the molecule is Nc1ncnc2c1c(-c1ccc(CNC(=O)c3ccc(F)cc3)cc1)nn2[C@@H]1CCCNC1. The number of benzene rings is 2. The van der Waals surface area contributed by atoms with Gasteiger partial charge >= 0.3 is 0 Å². The molecular weight excluding hydrogens is 421 g/mol. The Labute approximate surface area is 190 Å². The van der Waals surface area contributed by atoms with Gasteiger partial charge < -0.3 is 16.4 Å². The van der Waals surface area contributed by atoms with Crippen molar-refractivity contribution in [3.63, 3.8) is 0 Å². The van der Waals surface area contributed by atoms with Crippen LogP contribution in [-0.4, -0.2) is 38.7 Å². The number of carbonyl (C=O) groups excluding carboxylic acids is 1. The number of piperidine rings is 1. The van der Waals surface area contributed by atoms with Crippen molar-refractivity contribution < 1.29 is 9.18 Å². The summed E-state index contributed by atoms with van der Waals surface area (Å²) in [6.07, 6.45) is 3.59. The minimum absolute atomic E-state index is 0.213. The third kappa shape index (κ3) is 4.27. The van der Waals surface area contributed by atoms with Gasteiger partial charge in [-0.25, -0.2) is 19.0 Å². The number of aromatic nitrogens is 4. The summed E-state index contributed by atoms with van der Waals surface area (Å²) in [6.45, 7) is 2.20. The number of anilines is 1. The standard InChI is InChI=1S/C24H24FN7O/c25-18-9-7-17(8-10-18)24(33)28-12-15-3-5-16(6-4-15)21-20-22(26)29-14-30-23(20)32(31-21)19-2-1-11-27-13-19/h3-10,14,19,27H,1-2,11-13H2,(H,28,33)(H2,26,29,30)/t19-/m1/s1. The van der Waals surface area contributed by atoms with Crippen molar-refractivity contribution in [2.75, 3.05) is 18.8 Å². The lowest BCUT2D eigenvalue weighted by Gasteiger charge is -2.23. The number of nitrogen functional groups attached to an aromatic ring is 1. The van der Waals surface area contributed by atoms with Crippen LogP contribution in [-0.2, 0) is 6.54 Å². The average molecular weight is 446 g/mol. The second-order valence-electron chi connectivity index (χ2n) is 8.14. The highest BCUT2D eigenvalue weighted by Crippen LogP contribution is 2.32. The Morgan fingerprint density at radius 2 is 1.94 bits per heavy atom. The molecule has 3 heterocycles. The molecular formula is C24H24FN7O. The highest BCUT2D eigenvalue weighted by molar-refractivity contribution is 5.98. The fourth-order valence-corrected chi connectivity index (χ4v) is 4.16. The highest BCUT2D eigenvalue weighted by Gasteiger charge is 2.23. The maximum Gasteiger partial charge on any atom is 0.251 e. The molecule has 33 heavy (non-hydrogen) atoms. The van der Waals surface area contributed by atoms with E-state index >= 15 is 0 Å². The van der Waals surface area contributed by atoms with E-state index in [0.717, 1.165) is 53.8 Å². The number of amides is 1. The number of fused-ring (bicyclic) bond motifs is 1. The molecule has 2 aromatic carbocycles. The molecule has 1 fully saturated rings. The monoisotopic (exact) mass is 445 g/mol. The van der Waals surface area contributed by atoms with Crippen molar-refractivity contribution in [1.29, 1.82) is 0 Å². The predicted octanol–water partition coefficient (Wildman–Crippen LogP) is 3.07. The lowest BCUT2D eigenvalue weighted by molar-refractivity contribution is 0.0951. The molecule has 1 aliphatic rings. The van der Waals surface area contributed by atoms with Gasteiger partial charge in [0.2, 0.25) is 0 Å². The number of rotatable bonds is 5. The summed E-state index contributed by atoms with van der Waals surface area (Å²) in [5, 5.41) is 11.9. The number of halogens is 1. The summed E-state index contributed by atoms with van der Waals surface area (Å²) in [7, 11) is 0. The molecule has 1 saturated heterocycles. The van der Waals surface area contributed by atoms with Gasteiger partial charge in [-0.15, -0.1) is 0 Å². The second-order valence-corrected chi connectivity index (χ2v) is 8.14. The smallest absolute Gasteiger partial charge is 0.251 e. The number of hydrogen-bond donors (Lipinski definition) is 3. The summed E-state index contributed by atoms with van der Waals surface area (Å²) in [4.78, 5) is 20.9. The molecule has 8 nitrogen and oxygen atoms in total. The zero-order valence-electron chi connectivity index (χ0n) is 18.0. The Kier molecular flexibility index (Phi) is 5.70. The Hall–Kier alpha value is -3.85. The van der Waals surface area contributed by atoms with E-state index in [2.05, 4.69) is 20.6 Å². The minimum atomic E-state index is -0.372. The van der Waals surface area contributed by atoms with Crippen LogP contribution in [0.5, 0.6) is 0 Å². The van der Waals surface area contributed by atoms with E-state index in [1.165, 1.54) is 30.6 Å². The molecule has 0 unspecified atom stereocenters. The first-order valence-electron chi connectivity index (χ1n) is 10.9. The molecule has 1 amide bonds. The summed E-state index contributed by atoms with van der Waals surface area (Å²) < 4.78 is 15.0. The van der Waals surface area contributed by atoms with Gasteiger partial charge in [-0.1, -0.05) is 24.3 Å². The van der Waals surface area contributed by atoms with Gasteiger partial charge in [0.25, 0.3) is 5.91 Å². The summed E-state index contributed by atoms with van der Waals surface area (Å²) in [6, 6.07) is 13.5. The Morgan fingerprint density at radius 3 is 2.67 bits per heavy atom. The average Bonchev–Trinajstić information content (AvgIpc) is 3.25. The first kappa shape index (κ1) is 21.0. The zero-order valence-corrected chi connectivity index (χ0v) is 18.0. The zero-order chi connectivity index (χ0) is 22.8. The molecule has 5 rings (SSSR count). The van der Waals surface area contributed by atoms with Crippen LogP contribution < -0.4 is 16.4 Å². The van der Waals surface area contributed by atoms with Gasteiger partial charge in [0.05, 0.1) is 11.4 Å². The fraction of sp³-hybridized carbons (Fsp3) is 0.250. The third-order valence-corrected chi connectivity index (χ3v) is 5.92. The molecule has 0 radical (unpaired) electrons. The molecule has 4 aromatic rings. The minimum Gasteiger partial charge on any atom is -0.383 e. The Balaban J connectivity index is 1.38. The number of carbonyl (C=O) groups is 1. The van der Waals surface area contributed by atoms with Gasteiger partial charge in [-0.3, -0.25) is 4.79 Å². The predicted molar refractivity (Wildman–Crippen MR) is 124 cm³/mol. The molecule has 4 N–H and O–H groups in total. The van der Waals surface area contributed by atoms with Crippen molar-refractivity contribution in [3.8, 4) is 11.3 Å². The summed E-state index contributed by atoms with van der Waals surface area (Å²) in [5.74, 6) is -0.224. The molecule has 1 aliphatic heterocycles. The number of nitrogens with two attached hydrogens (primary N) is 1. The van der Waals surface area contributed by atoms with Crippen LogP contribution in [0.1, 0.15) is 34.8 Å². The van der Waals surface area contributed by atoms with Crippen LogP contribution in [0.25, 0.3) is 22.3 Å². The number of nitrogens with zero attached hydrogens (tertiary/aromatic N) is 4. The molecule has 9 heteroatoms. The van der Waals surface area contributed by atoms with Crippen LogP contribution in [0.3, 0.4) is 0 Å². The number of hydrogen-bond acceptors (Lipinski definition) is 6. The van der Waals surface area contributed by atoms with Gasteiger partial charge in [0, 0.05) is 24.2 Å². The Morgan fingerprint density at radius 1 is 1.15 bits per heavy atom. The fourth-order valence-electron chi connectivity index (χ4n) is 4.16.